The Bertz CT molecular complexity index is 674. The molecule has 27 heavy (non-hydrogen) atoms. The summed E-state index contributed by atoms with van der Waals surface area (Å²) in [4.78, 5) is 0. The lowest BCUT2D eigenvalue weighted by Gasteiger charge is -2.17. The van der Waals surface area contributed by atoms with Crippen molar-refractivity contribution in [3.8, 4) is 23.0 Å². The van der Waals surface area contributed by atoms with Crippen LogP contribution in [0, 0.1) is 5.92 Å². The van der Waals surface area contributed by atoms with E-state index in [9.17, 15) is 0 Å². The van der Waals surface area contributed by atoms with Crippen LogP contribution >= 0.6 is 0 Å². The second kappa shape index (κ2) is 9.68. The van der Waals surface area contributed by atoms with E-state index in [-0.39, 0.29) is 6.10 Å². The third kappa shape index (κ3) is 5.92. The largest absolute Gasteiger partial charge is 0.490 e. The lowest BCUT2D eigenvalue weighted by molar-refractivity contribution is 0.173. The number of hydrogen-bond acceptors (Lipinski definition) is 3. The summed E-state index contributed by atoms with van der Waals surface area (Å²) in [6, 6.07) is 15.8. The maximum Gasteiger partial charge on any atom is 0.127 e. The molecule has 0 aliphatic heterocycles. The van der Waals surface area contributed by atoms with Gasteiger partial charge < -0.3 is 14.2 Å². The van der Waals surface area contributed by atoms with Crippen molar-refractivity contribution in [1.82, 2.24) is 0 Å². The zero-order chi connectivity index (χ0) is 19.1. The Morgan fingerprint density at radius 2 is 1.26 bits per heavy atom. The smallest absolute Gasteiger partial charge is 0.127 e. The Kier molecular flexibility index (Phi) is 7.03. The number of benzene rings is 2. The number of hydrogen-bond donors (Lipinski definition) is 0. The van der Waals surface area contributed by atoms with Crippen LogP contribution in [-0.4, -0.2) is 12.2 Å². The van der Waals surface area contributed by atoms with Gasteiger partial charge in [-0.15, -0.1) is 0 Å². The second-order valence-electron chi connectivity index (χ2n) is 7.38. The van der Waals surface area contributed by atoms with Crippen LogP contribution in [0.2, 0.25) is 0 Å². The molecule has 146 valence electrons. The summed E-state index contributed by atoms with van der Waals surface area (Å²) < 4.78 is 18.1. The van der Waals surface area contributed by atoms with Crippen molar-refractivity contribution in [3.05, 3.63) is 48.5 Å². The molecular formula is C24H32O3. The minimum Gasteiger partial charge on any atom is -0.490 e. The van der Waals surface area contributed by atoms with Gasteiger partial charge in [0, 0.05) is 0 Å². The molecule has 0 aromatic heterocycles. The summed E-state index contributed by atoms with van der Waals surface area (Å²) >= 11 is 0. The van der Waals surface area contributed by atoms with E-state index in [1.54, 1.807) is 0 Å². The third-order valence-electron chi connectivity index (χ3n) is 5.09. The van der Waals surface area contributed by atoms with E-state index in [0.29, 0.717) is 6.10 Å². The molecule has 3 nitrogen and oxygen atoms in total. The third-order valence-corrected chi connectivity index (χ3v) is 5.09. The molecule has 1 aliphatic carbocycles. The maximum atomic E-state index is 6.10. The van der Waals surface area contributed by atoms with E-state index in [1.165, 1.54) is 12.8 Å². The molecule has 0 heterocycles. The Morgan fingerprint density at radius 1 is 0.741 bits per heavy atom. The standard InChI is InChI=1S/C24H32O3/c1-4-7-19(5-2)25-20-10-12-21(13-11-20)26-22-14-16-23(17-15-22)27-24(6-3)18-8-9-18/h10-19,24H,4-9H2,1-3H3. The molecule has 3 rings (SSSR count). The molecule has 2 atom stereocenters. The van der Waals surface area contributed by atoms with Gasteiger partial charge in [0.1, 0.15) is 29.1 Å². The normalized spacial score (nSPS) is 15.8. The molecule has 2 aromatic rings. The highest BCUT2D eigenvalue weighted by Crippen LogP contribution is 2.36. The van der Waals surface area contributed by atoms with E-state index in [1.807, 2.05) is 48.5 Å². The molecule has 0 saturated heterocycles. The summed E-state index contributed by atoms with van der Waals surface area (Å²) in [5.74, 6) is 4.19. The van der Waals surface area contributed by atoms with Crippen LogP contribution in [0.15, 0.2) is 48.5 Å². The Hall–Kier alpha value is -2.16. The molecule has 0 radical (unpaired) electrons. The molecule has 0 amide bonds. The van der Waals surface area contributed by atoms with Gasteiger partial charge >= 0.3 is 0 Å². The minimum atomic E-state index is 0.289. The molecule has 2 unspecified atom stereocenters. The highest BCUT2D eigenvalue weighted by molar-refractivity contribution is 5.37. The zero-order valence-corrected chi connectivity index (χ0v) is 16.8. The second-order valence-corrected chi connectivity index (χ2v) is 7.38. The van der Waals surface area contributed by atoms with Gasteiger partial charge in [0.05, 0.1) is 6.10 Å². The monoisotopic (exact) mass is 368 g/mol. The van der Waals surface area contributed by atoms with Gasteiger partial charge in [0.25, 0.3) is 0 Å². The van der Waals surface area contributed by atoms with E-state index >= 15 is 0 Å². The fraction of sp³-hybridized carbons (Fsp3) is 0.500. The van der Waals surface area contributed by atoms with Gasteiger partial charge in [-0.05, 0) is 86.6 Å². The minimum absolute atomic E-state index is 0.289. The van der Waals surface area contributed by atoms with Crippen LogP contribution in [0.25, 0.3) is 0 Å². The molecule has 1 saturated carbocycles. The van der Waals surface area contributed by atoms with Crippen LogP contribution in [0.5, 0.6) is 23.0 Å². The Morgan fingerprint density at radius 3 is 1.70 bits per heavy atom. The van der Waals surface area contributed by atoms with Crippen molar-refractivity contribution < 1.29 is 14.2 Å². The van der Waals surface area contributed by atoms with Crippen molar-refractivity contribution in [2.45, 2.75) is 71.5 Å². The molecule has 1 aliphatic rings. The summed E-state index contributed by atoms with van der Waals surface area (Å²) in [6.07, 6.45) is 7.56. The topological polar surface area (TPSA) is 27.7 Å². The first-order valence-corrected chi connectivity index (χ1v) is 10.4. The number of ether oxygens (including phenoxy) is 3. The predicted molar refractivity (Wildman–Crippen MR) is 110 cm³/mol. The summed E-state index contributed by atoms with van der Waals surface area (Å²) in [5.41, 5.74) is 0. The van der Waals surface area contributed by atoms with Crippen molar-refractivity contribution in [3.63, 3.8) is 0 Å². The molecule has 0 spiro atoms. The van der Waals surface area contributed by atoms with E-state index in [4.69, 9.17) is 14.2 Å². The summed E-state index contributed by atoms with van der Waals surface area (Å²) in [5, 5.41) is 0. The molecule has 3 heteroatoms. The van der Waals surface area contributed by atoms with E-state index < -0.39 is 0 Å². The first-order chi connectivity index (χ1) is 13.2. The van der Waals surface area contributed by atoms with Gasteiger partial charge in [-0.2, -0.15) is 0 Å². The Labute approximate surface area is 163 Å². The van der Waals surface area contributed by atoms with Gasteiger partial charge in [-0.1, -0.05) is 27.2 Å². The molecule has 2 aromatic carbocycles. The average Bonchev–Trinajstić information content (AvgIpc) is 3.53. The first-order valence-electron chi connectivity index (χ1n) is 10.4. The number of rotatable bonds is 11. The van der Waals surface area contributed by atoms with E-state index in [2.05, 4.69) is 20.8 Å². The van der Waals surface area contributed by atoms with Crippen LogP contribution in [0.1, 0.15) is 59.3 Å². The zero-order valence-electron chi connectivity index (χ0n) is 16.8. The van der Waals surface area contributed by atoms with Crippen LogP contribution in [-0.2, 0) is 0 Å². The van der Waals surface area contributed by atoms with Crippen molar-refractivity contribution in [2.75, 3.05) is 0 Å². The lowest BCUT2D eigenvalue weighted by Crippen LogP contribution is -2.17. The van der Waals surface area contributed by atoms with Crippen molar-refractivity contribution in [1.29, 1.82) is 0 Å². The molecule has 0 N–H and O–H groups in total. The van der Waals surface area contributed by atoms with Crippen LogP contribution < -0.4 is 14.2 Å². The summed E-state index contributed by atoms with van der Waals surface area (Å²) in [7, 11) is 0. The first kappa shape index (κ1) is 19.6. The van der Waals surface area contributed by atoms with E-state index in [0.717, 1.165) is 54.6 Å². The van der Waals surface area contributed by atoms with Crippen LogP contribution in [0.4, 0.5) is 0 Å². The molecule has 1 fully saturated rings. The average molecular weight is 369 g/mol. The van der Waals surface area contributed by atoms with Gasteiger partial charge in [-0.25, -0.2) is 0 Å². The summed E-state index contributed by atoms with van der Waals surface area (Å²) in [6.45, 7) is 6.55. The Balaban J connectivity index is 1.53. The fourth-order valence-corrected chi connectivity index (χ4v) is 3.33. The lowest BCUT2D eigenvalue weighted by atomic mass is 10.1. The highest BCUT2D eigenvalue weighted by atomic mass is 16.5. The van der Waals surface area contributed by atoms with Gasteiger partial charge in [0.15, 0.2) is 0 Å². The fourth-order valence-electron chi connectivity index (χ4n) is 3.33. The molecule has 0 bridgehead atoms. The highest BCUT2D eigenvalue weighted by Gasteiger charge is 2.31. The molecular weight excluding hydrogens is 336 g/mol. The van der Waals surface area contributed by atoms with Gasteiger partial charge in [-0.3, -0.25) is 0 Å². The van der Waals surface area contributed by atoms with Gasteiger partial charge in [0.2, 0.25) is 0 Å². The van der Waals surface area contributed by atoms with Crippen molar-refractivity contribution >= 4 is 0 Å². The SMILES string of the molecule is CCCC(CC)Oc1ccc(Oc2ccc(OC(CC)C3CC3)cc2)cc1. The van der Waals surface area contributed by atoms with Crippen molar-refractivity contribution in [2.24, 2.45) is 5.92 Å². The quantitative estimate of drug-likeness (QED) is 0.427. The van der Waals surface area contributed by atoms with Crippen LogP contribution in [0.3, 0.4) is 0 Å². The maximum absolute atomic E-state index is 6.10. The predicted octanol–water partition coefficient (Wildman–Crippen LogP) is 7.00.